The van der Waals surface area contributed by atoms with E-state index in [4.69, 9.17) is 0 Å². The lowest BCUT2D eigenvalue weighted by atomic mass is 10.0. The summed E-state index contributed by atoms with van der Waals surface area (Å²) in [5.74, 6) is 0.136. The zero-order chi connectivity index (χ0) is 13.6. The van der Waals surface area contributed by atoms with Crippen molar-refractivity contribution in [1.29, 1.82) is 0 Å². The van der Waals surface area contributed by atoms with Crippen LogP contribution < -0.4 is 0 Å². The van der Waals surface area contributed by atoms with Gasteiger partial charge < -0.3 is 5.11 Å². The van der Waals surface area contributed by atoms with Crippen LogP contribution in [0.15, 0.2) is 53.4 Å². The van der Waals surface area contributed by atoms with Crippen molar-refractivity contribution < 1.29 is 18.1 Å². The molecule has 4 nitrogen and oxygen atoms in total. The van der Waals surface area contributed by atoms with E-state index >= 15 is 0 Å². The van der Waals surface area contributed by atoms with Gasteiger partial charge in [0, 0.05) is 10.8 Å². The fraction of sp³-hybridized carbons (Fsp3) is 0. The fourth-order valence-electron chi connectivity index (χ4n) is 2.23. The molecule has 96 valence electrons. The van der Waals surface area contributed by atoms with Gasteiger partial charge in [-0.05, 0) is 35.0 Å². The second kappa shape index (κ2) is 3.94. The molecular weight excluding hydrogens is 264 g/mol. The van der Waals surface area contributed by atoms with Gasteiger partial charge in [0.15, 0.2) is 0 Å². The van der Waals surface area contributed by atoms with E-state index in [1.807, 2.05) is 0 Å². The molecule has 0 saturated carbocycles. The van der Waals surface area contributed by atoms with Crippen LogP contribution in [-0.2, 0) is 10.1 Å². The Labute approximate surface area is 109 Å². The number of aromatic hydroxyl groups is 1. The Morgan fingerprint density at radius 3 is 2.11 bits per heavy atom. The third-order valence-corrected chi connectivity index (χ3v) is 4.01. The first-order valence-corrected chi connectivity index (χ1v) is 7.03. The number of phenolic OH excluding ortho intramolecular Hbond substituents is 1. The van der Waals surface area contributed by atoms with E-state index in [2.05, 4.69) is 0 Å². The van der Waals surface area contributed by atoms with Crippen LogP contribution in [0, 0.1) is 0 Å². The molecule has 0 heterocycles. The summed E-state index contributed by atoms with van der Waals surface area (Å²) in [4.78, 5) is -0.129. The summed E-state index contributed by atoms with van der Waals surface area (Å²) < 4.78 is 31.9. The minimum atomic E-state index is -4.27. The molecule has 3 aromatic carbocycles. The molecule has 2 N–H and O–H groups in total. The van der Waals surface area contributed by atoms with Gasteiger partial charge in [-0.3, -0.25) is 4.55 Å². The van der Waals surface area contributed by atoms with Crippen molar-refractivity contribution in [3.8, 4) is 5.75 Å². The summed E-state index contributed by atoms with van der Waals surface area (Å²) in [6.07, 6.45) is 0. The van der Waals surface area contributed by atoms with Crippen molar-refractivity contribution in [2.75, 3.05) is 0 Å². The van der Waals surface area contributed by atoms with Gasteiger partial charge in [-0.1, -0.05) is 24.3 Å². The van der Waals surface area contributed by atoms with E-state index in [0.717, 1.165) is 0 Å². The number of hydrogen-bond acceptors (Lipinski definition) is 3. The van der Waals surface area contributed by atoms with E-state index < -0.39 is 10.1 Å². The molecule has 0 spiro atoms. The Balaban J connectivity index is 2.52. The second-order valence-corrected chi connectivity index (χ2v) is 5.69. The molecule has 0 atom stereocenters. The zero-order valence-electron chi connectivity index (χ0n) is 9.74. The first-order valence-electron chi connectivity index (χ1n) is 5.59. The maximum Gasteiger partial charge on any atom is 0.295 e. The Bertz CT molecular complexity index is 898. The highest BCUT2D eigenvalue weighted by atomic mass is 32.2. The average Bonchev–Trinajstić information content (AvgIpc) is 2.35. The van der Waals surface area contributed by atoms with Gasteiger partial charge >= 0.3 is 0 Å². The molecule has 3 rings (SSSR count). The molecular formula is C14H10O4S. The maximum atomic E-state index is 11.4. The smallest absolute Gasteiger partial charge is 0.295 e. The molecule has 0 unspecified atom stereocenters. The van der Waals surface area contributed by atoms with Gasteiger partial charge in [0.05, 0.1) is 0 Å². The normalized spacial score (nSPS) is 12.1. The number of phenols is 1. The quantitative estimate of drug-likeness (QED) is 0.528. The van der Waals surface area contributed by atoms with Crippen molar-refractivity contribution >= 4 is 31.7 Å². The van der Waals surface area contributed by atoms with E-state index in [9.17, 15) is 18.1 Å². The topological polar surface area (TPSA) is 74.6 Å². The van der Waals surface area contributed by atoms with Crippen molar-refractivity contribution in [3.05, 3.63) is 48.5 Å². The molecule has 3 aromatic rings. The van der Waals surface area contributed by atoms with Crippen molar-refractivity contribution in [1.82, 2.24) is 0 Å². The summed E-state index contributed by atoms with van der Waals surface area (Å²) in [6, 6.07) is 13.0. The van der Waals surface area contributed by atoms with E-state index in [1.165, 1.54) is 6.07 Å². The molecule has 0 fully saturated rings. The predicted molar refractivity (Wildman–Crippen MR) is 72.9 cm³/mol. The Morgan fingerprint density at radius 1 is 0.842 bits per heavy atom. The number of rotatable bonds is 1. The summed E-state index contributed by atoms with van der Waals surface area (Å²) >= 11 is 0. The van der Waals surface area contributed by atoms with Crippen molar-refractivity contribution in [2.24, 2.45) is 0 Å². The highest BCUT2D eigenvalue weighted by Gasteiger charge is 2.14. The molecule has 0 radical (unpaired) electrons. The highest BCUT2D eigenvalue weighted by Crippen LogP contribution is 2.31. The molecule has 0 bridgehead atoms. The number of hydrogen-bond donors (Lipinski definition) is 2. The van der Waals surface area contributed by atoms with Crippen LogP contribution >= 0.6 is 0 Å². The molecule has 5 heteroatoms. The lowest BCUT2D eigenvalue weighted by Gasteiger charge is -2.07. The Kier molecular flexibility index (Phi) is 2.48. The lowest BCUT2D eigenvalue weighted by Crippen LogP contribution is -1.98. The van der Waals surface area contributed by atoms with Gasteiger partial charge in [-0.15, -0.1) is 0 Å². The number of fused-ring (bicyclic) bond motifs is 2. The third-order valence-electron chi connectivity index (χ3n) is 3.09. The van der Waals surface area contributed by atoms with Crippen molar-refractivity contribution in [3.63, 3.8) is 0 Å². The monoisotopic (exact) mass is 274 g/mol. The minimum Gasteiger partial charge on any atom is -0.507 e. The first kappa shape index (κ1) is 12.0. The number of benzene rings is 3. The SMILES string of the molecule is O=S(=O)(O)c1cccc2cc3c(O)cccc3cc12. The minimum absolute atomic E-state index is 0.129. The molecule has 19 heavy (non-hydrogen) atoms. The molecule has 0 aliphatic carbocycles. The maximum absolute atomic E-state index is 11.4. The summed E-state index contributed by atoms with van der Waals surface area (Å²) in [5.41, 5.74) is 0. The summed E-state index contributed by atoms with van der Waals surface area (Å²) in [7, 11) is -4.27. The molecule has 0 aromatic heterocycles. The van der Waals surface area contributed by atoms with Gasteiger partial charge in [0.25, 0.3) is 10.1 Å². The Hall–Kier alpha value is -2.11. The van der Waals surface area contributed by atoms with Crippen molar-refractivity contribution in [2.45, 2.75) is 4.90 Å². The van der Waals surface area contributed by atoms with Gasteiger partial charge in [-0.25, -0.2) is 0 Å². The van der Waals surface area contributed by atoms with E-state index in [0.29, 0.717) is 21.5 Å². The van der Waals surface area contributed by atoms with E-state index in [-0.39, 0.29) is 10.6 Å². The largest absolute Gasteiger partial charge is 0.507 e. The lowest BCUT2D eigenvalue weighted by molar-refractivity contribution is 0.481. The molecule has 0 aliphatic rings. The zero-order valence-corrected chi connectivity index (χ0v) is 10.6. The van der Waals surface area contributed by atoms with Crippen LogP contribution in [-0.4, -0.2) is 18.1 Å². The molecule has 0 saturated heterocycles. The standard InChI is InChI=1S/C14H10O4S/c15-13-5-1-3-9-8-12-10(7-11(9)13)4-2-6-14(12)19(16,17)18/h1-8,15H,(H,16,17,18). The van der Waals surface area contributed by atoms with Crippen LogP contribution in [0.5, 0.6) is 5.75 Å². The van der Waals surface area contributed by atoms with Crippen LogP contribution in [0.4, 0.5) is 0 Å². The fourth-order valence-corrected chi connectivity index (χ4v) is 2.94. The van der Waals surface area contributed by atoms with Crippen LogP contribution in [0.2, 0.25) is 0 Å². The average molecular weight is 274 g/mol. The van der Waals surface area contributed by atoms with Gasteiger partial charge in [0.1, 0.15) is 10.6 Å². The van der Waals surface area contributed by atoms with Crippen LogP contribution in [0.3, 0.4) is 0 Å². The predicted octanol–water partition coefficient (Wildman–Crippen LogP) is 2.95. The van der Waals surface area contributed by atoms with Gasteiger partial charge in [-0.2, -0.15) is 8.42 Å². The molecule has 0 amide bonds. The molecule has 0 aliphatic heterocycles. The second-order valence-electron chi connectivity index (χ2n) is 4.30. The summed E-state index contributed by atoms with van der Waals surface area (Å²) in [5, 5.41) is 12.2. The third kappa shape index (κ3) is 1.93. The Morgan fingerprint density at radius 2 is 1.42 bits per heavy atom. The van der Waals surface area contributed by atoms with Gasteiger partial charge in [0.2, 0.25) is 0 Å². The first-order chi connectivity index (χ1) is 8.97. The van der Waals surface area contributed by atoms with Crippen LogP contribution in [0.1, 0.15) is 0 Å². The summed E-state index contributed by atoms with van der Waals surface area (Å²) in [6.45, 7) is 0. The van der Waals surface area contributed by atoms with Crippen LogP contribution in [0.25, 0.3) is 21.5 Å². The highest BCUT2D eigenvalue weighted by molar-refractivity contribution is 7.86. The van der Waals surface area contributed by atoms with E-state index in [1.54, 1.807) is 42.5 Å².